The quantitative estimate of drug-likeness (QED) is 0.425. The Hall–Kier alpha value is -2.66. The lowest BCUT2D eigenvalue weighted by Gasteiger charge is -2.26. The van der Waals surface area contributed by atoms with Crippen LogP contribution in [-0.2, 0) is 6.54 Å². The van der Waals surface area contributed by atoms with Crippen molar-refractivity contribution < 1.29 is 4.74 Å². The Balaban J connectivity index is 0.000000211. The van der Waals surface area contributed by atoms with E-state index >= 15 is 0 Å². The van der Waals surface area contributed by atoms with Crippen molar-refractivity contribution >= 4 is 16.7 Å². The fourth-order valence-electron chi connectivity index (χ4n) is 4.50. The maximum absolute atomic E-state index is 5.85. The smallest absolute Gasteiger partial charge is 0.139 e. The number of rotatable bonds is 6. The molecule has 0 saturated heterocycles. The summed E-state index contributed by atoms with van der Waals surface area (Å²) in [6.45, 7) is 12.6. The van der Waals surface area contributed by atoms with E-state index < -0.39 is 0 Å². The van der Waals surface area contributed by atoms with Crippen LogP contribution in [0, 0.1) is 18.8 Å². The van der Waals surface area contributed by atoms with E-state index in [1.54, 1.807) is 0 Å². The van der Waals surface area contributed by atoms with Gasteiger partial charge in [0.1, 0.15) is 23.0 Å². The van der Waals surface area contributed by atoms with Crippen LogP contribution in [0.3, 0.4) is 0 Å². The molecule has 1 aromatic heterocycles. The van der Waals surface area contributed by atoms with E-state index in [-0.39, 0.29) is 5.60 Å². The Morgan fingerprint density at radius 1 is 0.943 bits per heavy atom. The molecule has 0 amide bonds. The first-order valence-corrected chi connectivity index (χ1v) is 13.0. The third-order valence-electron chi connectivity index (χ3n) is 6.36. The van der Waals surface area contributed by atoms with Gasteiger partial charge in [-0.15, -0.1) is 0 Å². The second kappa shape index (κ2) is 12.3. The van der Waals surface area contributed by atoms with Crippen LogP contribution in [0.5, 0.6) is 5.75 Å². The fraction of sp³-hybridized carbons (Fsp3) is 0.533. The van der Waals surface area contributed by atoms with Gasteiger partial charge >= 0.3 is 0 Å². The summed E-state index contributed by atoms with van der Waals surface area (Å²) in [4.78, 5) is 10.8. The van der Waals surface area contributed by atoms with Crippen molar-refractivity contribution in [3.8, 4) is 5.75 Å². The molecule has 190 valence electrons. The van der Waals surface area contributed by atoms with Gasteiger partial charge in [0.25, 0.3) is 0 Å². The lowest BCUT2D eigenvalue weighted by Crippen LogP contribution is -2.25. The third-order valence-corrected chi connectivity index (χ3v) is 6.36. The van der Waals surface area contributed by atoms with Crippen LogP contribution in [0.2, 0.25) is 0 Å². The standard InChI is InChI=1S/C19H31NO.C11H13N3/c1-15-5-7-16(8-6-15)13-20-14-17-9-11-18(12-10-17)21-19(2,3)4;1-8-12-10-7-5-4-6-9(10)11(13-8)14(2)3/h9-12,15-16,20H,5-8,13-14H2,1-4H3;4-7H,1-3H3. The highest BCUT2D eigenvalue weighted by atomic mass is 16.5. The third kappa shape index (κ3) is 8.81. The van der Waals surface area contributed by atoms with Crippen molar-refractivity contribution in [1.82, 2.24) is 15.3 Å². The minimum atomic E-state index is -0.127. The molecule has 1 saturated carbocycles. The highest BCUT2D eigenvalue weighted by molar-refractivity contribution is 5.89. The average molecular weight is 477 g/mol. The Kier molecular flexibility index (Phi) is 9.50. The first-order chi connectivity index (χ1) is 16.6. The van der Waals surface area contributed by atoms with Gasteiger partial charge in [-0.05, 0) is 88.7 Å². The van der Waals surface area contributed by atoms with Gasteiger partial charge in [0.05, 0.1) is 5.52 Å². The van der Waals surface area contributed by atoms with E-state index in [9.17, 15) is 0 Å². The molecular formula is C30H44N4O. The maximum Gasteiger partial charge on any atom is 0.139 e. The maximum atomic E-state index is 5.85. The summed E-state index contributed by atoms with van der Waals surface area (Å²) in [5.41, 5.74) is 2.21. The number of nitrogens with zero attached hydrogens (tertiary/aromatic N) is 3. The largest absolute Gasteiger partial charge is 0.488 e. The van der Waals surface area contributed by atoms with Crippen molar-refractivity contribution in [1.29, 1.82) is 0 Å². The number of anilines is 1. The minimum absolute atomic E-state index is 0.127. The predicted octanol–water partition coefficient (Wildman–Crippen LogP) is 6.78. The molecule has 0 radical (unpaired) electrons. The molecule has 2 aromatic carbocycles. The van der Waals surface area contributed by atoms with Gasteiger partial charge < -0.3 is 15.0 Å². The van der Waals surface area contributed by atoms with Crippen molar-refractivity contribution in [2.45, 2.75) is 72.4 Å². The summed E-state index contributed by atoms with van der Waals surface area (Å²) in [5.74, 6) is 4.56. The van der Waals surface area contributed by atoms with Gasteiger partial charge in [-0.25, -0.2) is 9.97 Å². The first-order valence-electron chi connectivity index (χ1n) is 13.0. The molecular weight excluding hydrogens is 432 g/mol. The van der Waals surface area contributed by atoms with Gasteiger partial charge in [-0.3, -0.25) is 0 Å². The van der Waals surface area contributed by atoms with Crippen molar-refractivity contribution in [2.24, 2.45) is 11.8 Å². The van der Waals surface area contributed by atoms with E-state index in [0.717, 1.165) is 53.2 Å². The van der Waals surface area contributed by atoms with E-state index in [1.165, 1.54) is 31.2 Å². The number of para-hydroxylation sites is 1. The molecule has 0 atom stereocenters. The van der Waals surface area contributed by atoms with Crippen LogP contribution in [0.15, 0.2) is 48.5 Å². The molecule has 5 nitrogen and oxygen atoms in total. The number of aryl methyl sites for hydroxylation is 1. The van der Waals surface area contributed by atoms with Crippen LogP contribution in [0.1, 0.15) is 64.8 Å². The van der Waals surface area contributed by atoms with Crippen molar-refractivity contribution in [3.05, 3.63) is 59.9 Å². The van der Waals surface area contributed by atoms with Gasteiger partial charge in [0.15, 0.2) is 0 Å². The zero-order chi connectivity index (χ0) is 25.4. The summed E-state index contributed by atoms with van der Waals surface area (Å²) in [5, 5.41) is 4.71. The van der Waals surface area contributed by atoms with E-state index in [2.05, 4.69) is 67.2 Å². The van der Waals surface area contributed by atoms with Gasteiger partial charge in [-0.1, -0.05) is 44.0 Å². The number of fused-ring (bicyclic) bond motifs is 1. The second-order valence-electron chi connectivity index (χ2n) is 11.1. The normalized spacial score (nSPS) is 18.0. The highest BCUT2D eigenvalue weighted by Gasteiger charge is 2.17. The molecule has 1 aliphatic carbocycles. The highest BCUT2D eigenvalue weighted by Crippen LogP contribution is 2.28. The average Bonchev–Trinajstić information content (AvgIpc) is 2.80. The molecule has 4 rings (SSSR count). The molecule has 0 spiro atoms. The SMILES string of the molecule is CC1CCC(CNCc2ccc(OC(C)(C)C)cc2)CC1.Cc1nc(N(C)C)c2ccccc2n1. The topological polar surface area (TPSA) is 50.3 Å². The molecule has 5 heteroatoms. The van der Waals surface area contributed by atoms with Gasteiger partial charge in [-0.2, -0.15) is 0 Å². The number of benzene rings is 2. The molecule has 1 fully saturated rings. The van der Waals surface area contributed by atoms with Gasteiger partial charge in [0, 0.05) is 26.0 Å². The lowest BCUT2D eigenvalue weighted by atomic mass is 9.83. The van der Waals surface area contributed by atoms with E-state index in [0.29, 0.717) is 0 Å². The summed E-state index contributed by atoms with van der Waals surface area (Å²) >= 11 is 0. The number of ether oxygens (including phenoxy) is 1. The predicted molar refractivity (Wildman–Crippen MR) is 148 cm³/mol. The Morgan fingerprint density at radius 3 is 2.23 bits per heavy atom. The van der Waals surface area contributed by atoms with Crippen LogP contribution < -0.4 is 15.0 Å². The minimum Gasteiger partial charge on any atom is -0.488 e. The van der Waals surface area contributed by atoms with Crippen LogP contribution in [0.4, 0.5) is 5.82 Å². The molecule has 0 bridgehead atoms. The monoisotopic (exact) mass is 476 g/mol. The first kappa shape index (κ1) is 26.9. The number of aromatic nitrogens is 2. The number of nitrogens with one attached hydrogen (secondary N) is 1. The van der Waals surface area contributed by atoms with E-state index in [1.807, 2.05) is 50.2 Å². The molecule has 1 heterocycles. The number of hydrogen-bond acceptors (Lipinski definition) is 5. The number of hydrogen-bond donors (Lipinski definition) is 1. The summed E-state index contributed by atoms with van der Waals surface area (Å²) in [7, 11) is 3.99. The molecule has 1 aliphatic rings. The van der Waals surface area contributed by atoms with E-state index in [4.69, 9.17) is 4.74 Å². The van der Waals surface area contributed by atoms with Crippen LogP contribution in [0.25, 0.3) is 10.9 Å². The Morgan fingerprint density at radius 2 is 1.60 bits per heavy atom. The zero-order valence-corrected chi connectivity index (χ0v) is 22.8. The Bertz CT molecular complexity index is 1050. The second-order valence-corrected chi connectivity index (χ2v) is 11.1. The molecule has 0 unspecified atom stereocenters. The zero-order valence-electron chi connectivity index (χ0n) is 22.8. The molecule has 1 N–H and O–H groups in total. The lowest BCUT2D eigenvalue weighted by molar-refractivity contribution is 0.131. The van der Waals surface area contributed by atoms with Crippen molar-refractivity contribution in [2.75, 3.05) is 25.5 Å². The van der Waals surface area contributed by atoms with Gasteiger partial charge in [0.2, 0.25) is 0 Å². The molecule has 3 aromatic rings. The molecule has 35 heavy (non-hydrogen) atoms. The van der Waals surface area contributed by atoms with Crippen LogP contribution in [-0.4, -0.2) is 36.2 Å². The summed E-state index contributed by atoms with van der Waals surface area (Å²) in [6, 6.07) is 16.5. The van der Waals surface area contributed by atoms with Crippen molar-refractivity contribution in [3.63, 3.8) is 0 Å². The summed E-state index contributed by atoms with van der Waals surface area (Å²) in [6.07, 6.45) is 5.61. The Labute approximate surface area is 212 Å². The fourth-order valence-corrected chi connectivity index (χ4v) is 4.50. The summed E-state index contributed by atoms with van der Waals surface area (Å²) < 4.78 is 5.85. The molecule has 0 aliphatic heterocycles. The van der Waals surface area contributed by atoms with Crippen LogP contribution >= 0.6 is 0 Å².